The third-order valence-corrected chi connectivity index (χ3v) is 4.44. The van der Waals surface area contributed by atoms with Crippen LogP contribution < -0.4 is 10.6 Å². The summed E-state index contributed by atoms with van der Waals surface area (Å²) in [5.74, 6) is -0.151. The zero-order chi connectivity index (χ0) is 14.5. The molecule has 0 aliphatic carbocycles. The molecule has 1 aromatic rings. The van der Waals surface area contributed by atoms with E-state index in [1.54, 1.807) is 0 Å². The van der Waals surface area contributed by atoms with Gasteiger partial charge >= 0.3 is 0 Å². The van der Waals surface area contributed by atoms with Crippen LogP contribution in [-0.4, -0.2) is 31.7 Å². The summed E-state index contributed by atoms with van der Waals surface area (Å²) >= 11 is 6.85. The van der Waals surface area contributed by atoms with E-state index in [9.17, 15) is 4.79 Å². The number of carbonyl (C=O) groups excluding carboxylic acids is 1. The predicted molar refractivity (Wildman–Crippen MR) is 86.9 cm³/mol. The number of hydrogen-bond acceptors (Lipinski definition) is 3. The number of rotatable bonds is 5. The first-order valence-corrected chi connectivity index (χ1v) is 8.27. The van der Waals surface area contributed by atoms with E-state index < -0.39 is 0 Å². The molecule has 1 aromatic carbocycles. The molecule has 6 heteroatoms. The maximum Gasteiger partial charge on any atom is 0.231 e. The van der Waals surface area contributed by atoms with Gasteiger partial charge in [0, 0.05) is 15.0 Å². The molecule has 1 aliphatic heterocycles. The largest absolute Gasteiger partial charge is 0.379 e. The average Bonchev–Trinajstić information content (AvgIpc) is 2.89. The highest BCUT2D eigenvalue weighted by Gasteiger charge is 2.33. The Bertz CT molecular complexity index is 482. The first-order valence-electron chi connectivity index (χ1n) is 6.69. The molecule has 4 nitrogen and oxygen atoms in total. The van der Waals surface area contributed by atoms with Crippen LogP contribution in [-0.2, 0) is 9.53 Å². The molecule has 1 amide bonds. The van der Waals surface area contributed by atoms with Crippen LogP contribution in [0.3, 0.4) is 0 Å². The molecule has 1 heterocycles. The number of benzene rings is 1. The Morgan fingerprint density at radius 1 is 1.40 bits per heavy atom. The minimum Gasteiger partial charge on any atom is -0.379 e. The van der Waals surface area contributed by atoms with Crippen molar-refractivity contribution in [2.75, 3.05) is 25.1 Å². The van der Waals surface area contributed by atoms with Crippen LogP contribution in [0, 0.1) is 5.92 Å². The zero-order valence-electron chi connectivity index (χ0n) is 11.3. The zero-order valence-corrected chi connectivity index (χ0v) is 14.5. The Hall–Kier alpha value is -0.430. The summed E-state index contributed by atoms with van der Waals surface area (Å²) in [6.07, 6.45) is 1.04. The van der Waals surface area contributed by atoms with Gasteiger partial charge in [-0.1, -0.05) is 22.9 Å². The van der Waals surface area contributed by atoms with Gasteiger partial charge < -0.3 is 15.4 Å². The summed E-state index contributed by atoms with van der Waals surface area (Å²) in [5.41, 5.74) is 0.769. The molecule has 110 valence electrons. The third-order valence-electron chi connectivity index (χ3n) is 3.26. The number of hydrogen-bond donors (Lipinski definition) is 2. The molecule has 2 atom stereocenters. The van der Waals surface area contributed by atoms with Crippen molar-refractivity contribution in [1.29, 1.82) is 0 Å². The molecule has 20 heavy (non-hydrogen) atoms. The van der Waals surface area contributed by atoms with Gasteiger partial charge in [0.05, 0.1) is 24.8 Å². The van der Waals surface area contributed by atoms with Crippen LogP contribution >= 0.6 is 31.9 Å². The summed E-state index contributed by atoms with van der Waals surface area (Å²) < 4.78 is 7.23. The molecule has 2 rings (SSSR count). The summed E-state index contributed by atoms with van der Waals surface area (Å²) in [6.45, 7) is 4.07. The number of halogens is 2. The van der Waals surface area contributed by atoms with Crippen molar-refractivity contribution in [3.63, 3.8) is 0 Å². The normalized spacial score (nSPS) is 21.9. The summed E-state index contributed by atoms with van der Waals surface area (Å²) in [7, 11) is 0. The third kappa shape index (κ3) is 4.04. The summed E-state index contributed by atoms with van der Waals surface area (Å²) in [5, 5.41) is 6.33. The van der Waals surface area contributed by atoms with Crippen molar-refractivity contribution in [2.24, 2.45) is 5.92 Å². The summed E-state index contributed by atoms with van der Waals surface area (Å²) in [4.78, 5) is 12.4. The number of carbonyl (C=O) groups is 1. The molecule has 1 aliphatic rings. The monoisotopic (exact) mass is 404 g/mol. The van der Waals surface area contributed by atoms with E-state index in [-0.39, 0.29) is 17.9 Å². The Kier molecular flexibility index (Phi) is 6.01. The Morgan fingerprint density at radius 2 is 2.20 bits per heavy atom. The van der Waals surface area contributed by atoms with Gasteiger partial charge in [-0.05, 0) is 47.1 Å². The van der Waals surface area contributed by atoms with Crippen LogP contribution in [0.15, 0.2) is 27.1 Å². The molecule has 0 radical (unpaired) electrons. The van der Waals surface area contributed by atoms with Crippen molar-refractivity contribution in [3.8, 4) is 0 Å². The number of amides is 1. The highest BCUT2D eigenvalue weighted by atomic mass is 79.9. The van der Waals surface area contributed by atoms with E-state index in [4.69, 9.17) is 4.74 Å². The van der Waals surface area contributed by atoms with Gasteiger partial charge in [0.15, 0.2) is 0 Å². The van der Waals surface area contributed by atoms with Gasteiger partial charge in [0.2, 0.25) is 5.91 Å². The molecule has 0 spiro atoms. The van der Waals surface area contributed by atoms with E-state index >= 15 is 0 Å². The maximum absolute atomic E-state index is 12.4. The number of ether oxygens (including phenoxy) is 1. The van der Waals surface area contributed by atoms with Gasteiger partial charge in [-0.25, -0.2) is 0 Å². The Balaban J connectivity index is 2.01. The standard InChI is InChI=1S/C14H18Br2N2O2/c1-2-5-17-13-8-20-7-10(13)14(19)18-12-6-9(15)3-4-11(12)16/h3-4,6,10,13,17H,2,5,7-8H2,1H3,(H,18,19). The molecule has 2 N–H and O–H groups in total. The molecular weight excluding hydrogens is 388 g/mol. The number of nitrogens with one attached hydrogen (secondary N) is 2. The van der Waals surface area contributed by atoms with Gasteiger partial charge in [-0.2, -0.15) is 0 Å². The second-order valence-corrected chi connectivity index (χ2v) is 6.59. The molecule has 0 bridgehead atoms. The van der Waals surface area contributed by atoms with Crippen molar-refractivity contribution < 1.29 is 9.53 Å². The second kappa shape index (κ2) is 7.54. The first-order chi connectivity index (χ1) is 9.61. The fraction of sp³-hybridized carbons (Fsp3) is 0.500. The quantitative estimate of drug-likeness (QED) is 0.790. The van der Waals surface area contributed by atoms with Gasteiger partial charge in [-0.15, -0.1) is 0 Å². The van der Waals surface area contributed by atoms with E-state index in [1.807, 2.05) is 18.2 Å². The van der Waals surface area contributed by atoms with Crippen LogP contribution in [0.1, 0.15) is 13.3 Å². The van der Waals surface area contributed by atoms with Crippen LogP contribution in [0.5, 0.6) is 0 Å². The maximum atomic E-state index is 12.4. The minimum atomic E-state index is -0.146. The smallest absolute Gasteiger partial charge is 0.231 e. The molecule has 2 unspecified atom stereocenters. The topological polar surface area (TPSA) is 50.4 Å². The lowest BCUT2D eigenvalue weighted by molar-refractivity contribution is -0.120. The predicted octanol–water partition coefficient (Wildman–Crippen LogP) is 3.16. The van der Waals surface area contributed by atoms with Gasteiger partial charge in [-0.3, -0.25) is 4.79 Å². The molecule has 0 aromatic heterocycles. The SMILES string of the molecule is CCCNC1COCC1C(=O)Nc1cc(Br)ccc1Br. The molecule has 0 saturated carbocycles. The highest BCUT2D eigenvalue weighted by Crippen LogP contribution is 2.27. The van der Waals surface area contributed by atoms with Gasteiger partial charge in [0.25, 0.3) is 0 Å². The van der Waals surface area contributed by atoms with E-state index in [0.717, 1.165) is 27.6 Å². The lowest BCUT2D eigenvalue weighted by atomic mass is 10.0. The van der Waals surface area contributed by atoms with Crippen molar-refractivity contribution >= 4 is 43.5 Å². The minimum absolute atomic E-state index is 0.00472. The first kappa shape index (κ1) is 15.9. The van der Waals surface area contributed by atoms with Crippen molar-refractivity contribution in [1.82, 2.24) is 5.32 Å². The van der Waals surface area contributed by atoms with Crippen LogP contribution in [0.2, 0.25) is 0 Å². The Labute approximate surface area is 135 Å². The lowest BCUT2D eigenvalue weighted by Crippen LogP contribution is -2.41. The van der Waals surface area contributed by atoms with Crippen molar-refractivity contribution in [2.45, 2.75) is 19.4 Å². The van der Waals surface area contributed by atoms with E-state index in [1.165, 1.54) is 0 Å². The molecular formula is C14H18Br2N2O2. The second-order valence-electron chi connectivity index (χ2n) is 4.82. The molecule has 1 saturated heterocycles. The summed E-state index contributed by atoms with van der Waals surface area (Å²) in [6, 6.07) is 5.80. The highest BCUT2D eigenvalue weighted by molar-refractivity contribution is 9.11. The number of anilines is 1. The molecule has 1 fully saturated rings. The van der Waals surface area contributed by atoms with Crippen molar-refractivity contribution in [3.05, 3.63) is 27.1 Å². The van der Waals surface area contributed by atoms with Crippen LogP contribution in [0.4, 0.5) is 5.69 Å². The van der Waals surface area contributed by atoms with Gasteiger partial charge in [0.1, 0.15) is 0 Å². The van der Waals surface area contributed by atoms with E-state index in [2.05, 4.69) is 49.4 Å². The fourth-order valence-corrected chi connectivity index (χ4v) is 2.87. The lowest BCUT2D eigenvalue weighted by Gasteiger charge is -2.19. The fourth-order valence-electron chi connectivity index (χ4n) is 2.16. The van der Waals surface area contributed by atoms with E-state index in [0.29, 0.717) is 13.2 Å². The van der Waals surface area contributed by atoms with Crippen LogP contribution in [0.25, 0.3) is 0 Å². The average molecular weight is 406 g/mol. The Morgan fingerprint density at radius 3 is 2.95 bits per heavy atom.